The Kier molecular flexibility index (Phi) is 4.34. The van der Waals surface area contributed by atoms with Crippen molar-refractivity contribution in [2.45, 2.75) is 31.7 Å². The standard InChI is InChI=1S/C15H23N5O/c1-19-8-10-20(11-9-19)15(21)13-6-7-14(18-17-13)16-12-4-2-3-5-12/h6-7,12H,2-5,8-11H2,1H3,(H,16,18). The third-order valence-corrected chi connectivity index (χ3v) is 4.38. The Hall–Kier alpha value is -1.69. The van der Waals surface area contributed by atoms with E-state index in [1.54, 1.807) is 6.07 Å². The Morgan fingerprint density at radius 3 is 2.48 bits per heavy atom. The van der Waals surface area contributed by atoms with E-state index < -0.39 is 0 Å². The molecule has 1 aliphatic heterocycles. The number of carbonyl (C=O) groups is 1. The molecule has 114 valence electrons. The molecule has 6 heteroatoms. The molecule has 0 unspecified atom stereocenters. The molecule has 2 aliphatic rings. The van der Waals surface area contributed by atoms with Gasteiger partial charge in [-0.15, -0.1) is 10.2 Å². The van der Waals surface area contributed by atoms with Gasteiger partial charge in [0.2, 0.25) is 0 Å². The van der Waals surface area contributed by atoms with Crippen LogP contribution in [0.3, 0.4) is 0 Å². The number of rotatable bonds is 3. The zero-order valence-electron chi connectivity index (χ0n) is 12.6. The van der Waals surface area contributed by atoms with Gasteiger partial charge in [-0.2, -0.15) is 0 Å². The van der Waals surface area contributed by atoms with Gasteiger partial charge in [-0.25, -0.2) is 0 Å². The maximum Gasteiger partial charge on any atom is 0.274 e. The van der Waals surface area contributed by atoms with Gasteiger partial charge < -0.3 is 15.1 Å². The van der Waals surface area contributed by atoms with Gasteiger partial charge in [0.15, 0.2) is 5.69 Å². The molecule has 1 aromatic rings. The monoisotopic (exact) mass is 289 g/mol. The summed E-state index contributed by atoms with van der Waals surface area (Å²) in [7, 11) is 2.07. The van der Waals surface area contributed by atoms with Gasteiger partial charge in [-0.3, -0.25) is 4.79 Å². The Bertz CT molecular complexity index is 475. The maximum atomic E-state index is 12.3. The van der Waals surface area contributed by atoms with Crippen LogP contribution < -0.4 is 5.32 Å². The van der Waals surface area contributed by atoms with Gasteiger partial charge >= 0.3 is 0 Å². The van der Waals surface area contributed by atoms with Crippen LogP contribution in [0.25, 0.3) is 0 Å². The van der Waals surface area contributed by atoms with Gasteiger partial charge in [0.1, 0.15) is 5.82 Å². The van der Waals surface area contributed by atoms with Crippen LogP contribution in [-0.4, -0.2) is 65.2 Å². The summed E-state index contributed by atoms with van der Waals surface area (Å²) in [6.45, 7) is 3.36. The average molecular weight is 289 g/mol. The maximum absolute atomic E-state index is 12.3. The molecular formula is C15H23N5O. The van der Waals surface area contributed by atoms with Crippen molar-refractivity contribution < 1.29 is 4.79 Å². The van der Waals surface area contributed by atoms with Crippen LogP contribution in [0.4, 0.5) is 5.82 Å². The van der Waals surface area contributed by atoms with Gasteiger partial charge in [-0.05, 0) is 32.0 Å². The molecule has 0 spiro atoms. The lowest BCUT2D eigenvalue weighted by molar-refractivity contribution is 0.0657. The van der Waals surface area contributed by atoms with Crippen LogP contribution in [0.15, 0.2) is 12.1 Å². The van der Waals surface area contributed by atoms with Crippen LogP contribution in [-0.2, 0) is 0 Å². The minimum absolute atomic E-state index is 0.0111. The van der Waals surface area contributed by atoms with E-state index in [4.69, 9.17) is 0 Å². The van der Waals surface area contributed by atoms with E-state index in [0.717, 1.165) is 32.0 Å². The lowest BCUT2D eigenvalue weighted by Crippen LogP contribution is -2.47. The molecule has 0 atom stereocenters. The highest BCUT2D eigenvalue weighted by atomic mass is 16.2. The summed E-state index contributed by atoms with van der Waals surface area (Å²) in [5, 5.41) is 11.6. The van der Waals surface area contributed by atoms with Crippen LogP contribution >= 0.6 is 0 Å². The molecule has 0 bridgehead atoms. The molecule has 1 amide bonds. The molecule has 3 rings (SSSR count). The second-order valence-electron chi connectivity index (χ2n) is 6.03. The minimum atomic E-state index is -0.0111. The molecule has 2 heterocycles. The zero-order valence-corrected chi connectivity index (χ0v) is 12.6. The van der Waals surface area contributed by atoms with Gasteiger partial charge in [0.25, 0.3) is 5.91 Å². The third kappa shape index (κ3) is 3.50. The Labute approximate surface area is 125 Å². The van der Waals surface area contributed by atoms with Crippen molar-refractivity contribution in [3.05, 3.63) is 17.8 Å². The van der Waals surface area contributed by atoms with Crippen molar-refractivity contribution in [3.63, 3.8) is 0 Å². The SMILES string of the molecule is CN1CCN(C(=O)c2ccc(NC3CCCC3)nn2)CC1. The molecule has 2 fully saturated rings. The quantitative estimate of drug-likeness (QED) is 0.906. The summed E-state index contributed by atoms with van der Waals surface area (Å²) in [4.78, 5) is 16.4. The fourth-order valence-corrected chi connectivity index (χ4v) is 2.97. The molecule has 1 aromatic heterocycles. The minimum Gasteiger partial charge on any atom is -0.366 e. The Morgan fingerprint density at radius 1 is 1.14 bits per heavy atom. The van der Waals surface area contributed by atoms with Crippen LogP contribution in [0.5, 0.6) is 0 Å². The van der Waals surface area contributed by atoms with Crippen LogP contribution in [0, 0.1) is 0 Å². The predicted octanol–water partition coefficient (Wildman–Crippen LogP) is 1.22. The highest BCUT2D eigenvalue weighted by molar-refractivity contribution is 5.92. The van der Waals surface area contributed by atoms with E-state index in [1.165, 1.54) is 25.7 Å². The lowest BCUT2D eigenvalue weighted by Gasteiger charge is -2.32. The largest absolute Gasteiger partial charge is 0.366 e. The van der Waals surface area contributed by atoms with E-state index in [-0.39, 0.29) is 5.91 Å². The number of nitrogens with zero attached hydrogens (tertiary/aromatic N) is 4. The summed E-state index contributed by atoms with van der Waals surface area (Å²) in [6, 6.07) is 4.16. The second kappa shape index (κ2) is 6.39. The van der Waals surface area contributed by atoms with Gasteiger partial charge in [0, 0.05) is 32.2 Å². The van der Waals surface area contributed by atoms with E-state index >= 15 is 0 Å². The molecule has 21 heavy (non-hydrogen) atoms. The normalized spacial score (nSPS) is 20.7. The van der Waals surface area contributed by atoms with E-state index in [2.05, 4.69) is 27.5 Å². The summed E-state index contributed by atoms with van der Waals surface area (Å²) in [6.07, 6.45) is 4.96. The number of aromatic nitrogens is 2. The van der Waals surface area contributed by atoms with Crippen LogP contribution in [0.2, 0.25) is 0 Å². The number of carbonyl (C=O) groups excluding carboxylic acids is 1. The average Bonchev–Trinajstić information content (AvgIpc) is 3.01. The summed E-state index contributed by atoms with van der Waals surface area (Å²) < 4.78 is 0. The molecule has 1 N–H and O–H groups in total. The van der Waals surface area contributed by atoms with Gasteiger partial charge in [0.05, 0.1) is 0 Å². The first-order chi connectivity index (χ1) is 10.2. The molecule has 1 aliphatic carbocycles. The number of piperazine rings is 1. The van der Waals surface area contributed by atoms with Crippen molar-refractivity contribution in [3.8, 4) is 0 Å². The van der Waals surface area contributed by atoms with E-state index in [9.17, 15) is 4.79 Å². The van der Waals surface area contributed by atoms with Crippen LogP contribution in [0.1, 0.15) is 36.2 Å². The molecule has 1 saturated carbocycles. The Balaban J connectivity index is 1.59. The van der Waals surface area contributed by atoms with Crippen molar-refractivity contribution in [1.29, 1.82) is 0 Å². The number of anilines is 1. The molecule has 1 saturated heterocycles. The van der Waals surface area contributed by atoms with Crippen molar-refractivity contribution in [2.24, 2.45) is 0 Å². The van der Waals surface area contributed by atoms with E-state index in [0.29, 0.717) is 11.7 Å². The number of hydrogen-bond acceptors (Lipinski definition) is 5. The fourth-order valence-electron chi connectivity index (χ4n) is 2.97. The van der Waals surface area contributed by atoms with Crippen molar-refractivity contribution in [2.75, 3.05) is 38.5 Å². The highest BCUT2D eigenvalue weighted by Gasteiger charge is 2.22. The fraction of sp³-hybridized carbons (Fsp3) is 0.667. The van der Waals surface area contributed by atoms with Crippen molar-refractivity contribution >= 4 is 11.7 Å². The zero-order chi connectivity index (χ0) is 14.7. The van der Waals surface area contributed by atoms with Gasteiger partial charge in [-0.1, -0.05) is 12.8 Å². The highest BCUT2D eigenvalue weighted by Crippen LogP contribution is 2.21. The number of amides is 1. The third-order valence-electron chi connectivity index (χ3n) is 4.38. The molecule has 0 radical (unpaired) electrons. The predicted molar refractivity (Wildman–Crippen MR) is 81.3 cm³/mol. The topological polar surface area (TPSA) is 61.4 Å². The Morgan fingerprint density at radius 2 is 1.86 bits per heavy atom. The summed E-state index contributed by atoms with van der Waals surface area (Å²) >= 11 is 0. The lowest BCUT2D eigenvalue weighted by atomic mass is 10.2. The first kappa shape index (κ1) is 14.3. The molecule has 0 aromatic carbocycles. The first-order valence-electron chi connectivity index (χ1n) is 7.80. The van der Waals surface area contributed by atoms with Crippen molar-refractivity contribution in [1.82, 2.24) is 20.0 Å². The summed E-state index contributed by atoms with van der Waals surface area (Å²) in [5.41, 5.74) is 0.441. The second-order valence-corrected chi connectivity index (χ2v) is 6.03. The smallest absolute Gasteiger partial charge is 0.274 e. The summed E-state index contributed by atoms with van der Waals surface area (Å²) in [5.74, 6) is 0.764. The number of likely N-dealkylation sites (N-methyl/N-ethyl adjacent to an activating group) is 1. The number of nitrogens with one attached hydrogen (secondary N) is 1. The van der Waals surface area contributed by atoms with E-state index in [1.807, 2.05) is 11.0 Å². The number of hydrogen-bond donors (Lipinski definition) is 1. The molecule has 6 nitrogen and oxygen atoms in total. The first-order valence-corrected chi connectivity index (χ1v) is 7.80. The molecular weight excluding hydrogens is 266 g/mol.